The van der Waals surface area contributed by atoms with E-state index in [1.54, 1.807) is 18.3 Å². The van der Waals surface area contributed by atoms with Crippen molar-refractivity contribution in [1.82, 2.24) is 9.55 Å². The van der Waals surface area contributed by atoms with E-state index in [-0.39, 0.29) is 16.9 Å². The van der Waals surface area contributed by atoms with Crippen molar-refractivity contribution < 1.29 is 4.79 Å². The number of carbonyl (C=O) groups is 1. The Balaban J connectivity index is 2.22. The van der Waals surface area contributed by atoms with E-state index in [1.165, 1.54) is 4.57 Å². The Hall–Kier alpha value is -2.62. The molecule has 0 amide bonds. The monoisotopic (exact) mass is 250 g/mol. The number of fused-ring (bicyclic) bond motifs is 4. The number of benzene rings is 1. The average Bonchev–Trinajstić information content (AvgIpc) is 2.94. The Morgan fingerprint density at radius 2 is 2.00 bits per heavy atom. The van der Waals surface area contributed by atoms with Gasteiger partial charge in [-0.15, -0.1) is 0 Å². The molecule has 3 heterocycles. The predicted octanol–water partition coefficient (Wildman–Crippen LogP) is 2.31. The molecule has 19 heavy (non-hydrogen) atoms. The van der Waals surface area contributed by atoms with Gasteiger partial charge in [0.15, 0.2) is 0 Å². The Kier molecular flexibility index (Phi) is 1.75. The molecule has 92 valence electrons. The zero-order valence-corrected chi connectivity index (χ0v) is 10.2. The number of nitrogens with one attached hydrogen (secondary N) is 1. The van der Waals surface area contributed by atoms with Crippen LogP contribution < -0.4 is 5.43 Å². The van der Waals surface area contributed by atoms with Gasteiger partial charge < -0.3 is 4.98 Å². The minimum Gasteiger partial charge on any atom is -0.352 e. The molecule has 0 aliphatic carbocycles. The number of hydrogen-bond donors (Lipinski definition) is 1. The standard InChI is InChI=1S/C15H10N2O2/c1-8-4-5-9-10(7-8)16-13-11-3-2-6-17(11)15(19)12(13)14(9)18/h2-7H,1H3,(H,16,18). The van der Waals surface area contributed by atoms with Crippen LogP contribution in [-0.4, -0.2) is 15.5 Å². The van der Waals surface area contributed by atoms with Crippen LogP contribution in [-0.2, 0) is 0 Å². The van der Waals surface area contributed by atoms with Gasteiger partial charge in [0, 0.05) is 11.6 Å². The highest BCUT2D eigenvalue weighted by atomic mass is 16.2. The molecule has 1 N–H and O–H groups in total. The van der Waals surface area contributed by atoms with E-state index in [4.69, 9.17) is 0 Å². The second kappa shape index (κ2) is 3.23. The number of aromatic nitrogens is 2. The molecule has 4 heteroatoms. The van der Waals surface area contributed by atoms with E-state index >= 15 is 0 Å². The number of aryl methyl sites for hydroxylation is 1. The van der Waals surface area contributed by atoms with Crippen molar-refractivity contribution in [1.29, 1.82) is 0 Å². The van der Waals surface area contributed by atoms with Crippen LogP contribution in [0.4, 0.5) is 0 Å². The van der Waals surface area contributed by atoms with Crippen LogP contribution in [0, 0.1) is 6.92 Å². The van der Waals surface area contributed by atoms with Crippen molar-refractivity contribution in [2.75, 3.05) is 0 Å². The molecular formula is C15H10N2O2. The number of hydrogen-bond acceptors (Lipinski definition) is 2. The van der Waals surface area contributed by atoms with E-state index in [0.717, 1.165) is 16.8 Å². The quantitative estimate of drug-likeness (QED) is 0.520. The number of H-pyrrole nitrogens is 1. The number of rotatable bonds is 0. The average molecular weight is 250 g/mol. The zero-order chi connectivity index (χ0) is 13.1. The van der Waals surface area contributed by atoms with Crippen LogP contribution in [0.3, 0.4) is 0 Å². The highest BCUT2D eigenvalue weighted by Crippen LogP contribution is 2.30. The Morgan fingerprint density at radius 1 is 1.16 bits per heavy atom. The first kappa shape index (κ1) is 10.3. The van der Waals surface area contributed by atoms with Crippen LogP contribution in [0.25, 0.3) is 22.3 Å². The lowest BCUT2D eigenvalue weighted by Gasteiger charge is -2.03. The molecule has 0 saturated heterocycles. The van der Waals surface area contributed by atoms with Gasteiger partial charge in [-0.3, -0.25) is 14.2 Å². The van der Waals surface area contributed by atoms with Crippen molar-refractivity contribution in [3.05, 3.63) is 57.9 Å². The van der Waals surface area contributed by atoms with E-state index in [0.29, 0.717) is 11.1 Å². The summed E-state index contributed by atoms with van der Waals surface area (Å²) in [6, 6.07) is 9.21. The van der Waals surface area contributed by atoms with Gasteiger partial charge in [0.05, 0.1) is 16.9 Å². The van der Waals surface area contributed by atoms with Crippen molar-refractivity contribution in [2.24, 2.45) is 0 Å². The molecule has 1 aliphatic heterocycles. The maximum absolute atomic E-state index is 12.5. The maximum Gasteiger partial charge on any atom is 0.268 e. The second-order valence-electron chi connectivity index (χ2n) is 4.82. The second-order valence-corrected chi connectivity index (χ2v) is 4.82. The largest absolute Gasteiger partial charge is 0.352 e. The molecule has 0 bridgehead atoms. The summed E-state index contributed by atoms with van der Waals surface area (Å²) in [6.45, 7) is 1.97. The van der Waals surface area contributed by atoms with E-state index in [1.807, 2.05) is 25.1 Å². The number of nitrogens with zero attached hydrogens (tertiary/aromatic N) is 1. The number of pyridine rings is 1. The summed E-state index contributed by atoms with van der Waals surface area (Å²) in [4.78, 5) is 27.9. The third-order valence-electron chi connectivity index (χ3n) is 3.59. The lowest BCUT2D eigenvalue weighted by Crippen LogP contribution is -2.17. The van der Waals surface area contributed by atoms with Gasteiger partial charge >= 0.3 is 0 Å². The summed E-state index contributed by atoms with van der Waals surface area (Å²) in [5.74, 6) is -0.251. The molecular weight excluding hydrogens is 240 g/mol. The summed E-state index contributed by atoms with van der Waals surface area (Å²) in [7, 11) is 0. The molecule has 0 spiro atoms. The third-order valence-corrected chi connectivity index (χ3v) is 3.59. The Bertz CT molecular complexity index is 916. The fourth-order valence-electron chi connectivity index (χ4n) is 2.68. The van der Waals surface area contributed by atoms with E-state index in [9.17, 15) is 9.59 Å². The molecule has 4 rings (SSSR count). The topological polar surface area (TPSA) is 54.9 Å². The fourth-order valence-corrected chi connectivity index (χ4v) is 2.68. The van der Waals surface area contributed by atoms with Gasteiger partial charge in [0.25, 0.3) is 5.91 Å². The van der Waals surface area contributed by atoms with Crippen LogP contribution in [0.5, 0.6) is 0 Å². The Morgan fingerprint density at radius 3 is 2.84 bits per heavy atom. The number of carbonyl (C=O) groups excluding carboxylic acids is 1. The van der Waals surface area contributed by atoms with E-state index < -0.39 is 0 Å². The van der Waals surface area contributed by atoms with Gasteiger partial charge in [-0.05, 0) is 36.8 Å². The molecule has 0 saturated carbocycles. The Labute approximate surface area is 108 Å². The van der Waals surface area contributed by atoms with Gasteiger partial charge in [-0.1, -0.05) is 6.07 Å². The maximum atomic E-state index is 12.5. The molecule has 0 unspecified atom stereocenters. The SMILES string of the molecule is Cc1ccc2c(=O)c3c([nH]c2c1)-c1cccn1C3=O. The van der Waals surface area contributed by atoms with Gasteiger partial charge in [0.1, 0.15) is 5.56 Å². The molecule has 0 fully saturated rings. The lowest BCUT2D eigenvalue weighted by molar-refractivity contribution is 0.0968. The summed E-state index contributed by atoms with van der Waals surface area (Å²) >= 11 is 0. The molecule has 2 aromatic heterocycles. The lowest BCUT2D eigenvalue weighted by atomic mass is 10.1. The molecule has 0 atom stereocenters. The summed E-state index contributed by atoms with van der Waals surface area (Å²) < 4.78 is 1.51. The molecule has 4 nitrogen and oxygen atoms in total. The van der Waals surface area contributed by atoms with E-state index in [2.05, 4.69) is 4.98 Å². The van der Waals surface area contributed by atoms with Crippen molar-refractivity contribution in [3.8, 4) is 11.4 Å². The first-order valence-electron chi connectivity index (χ1n) is 6.06. The first-order chi connectivity index (χ1) is 9.16. The van der Waals surface area contributed by atoms with Crippen LogP contribution in [0.2, 0.25) is 0 Å². The van der Waals surface area contributed by atoms with Crippen molar-refractivity contribution in [3.63, 3.8) is 0 Å². The molecule has 0 radical (unpaired) electrons. The first-order valence-corrected chi connectivity index (χ1v) is 6.06. The predicted molar refractivity (Wildman–Crippen MR) is 72.5 cm³/mol. The normalized spacial score (nSPS) is 12.8. The minimum absolute atomic E-state index is 0.197. The smallest absolute Gasteiger partial charge is 0.268 e. The third kappa shape index (κ3) is 1.18. The molecule has 1 aromatic carbocycles. The zero-order valence-electron chi connectivity index (χ0n) is 10.2. The molecule has 1 aliphatic rings. The summed E-state index contributed by atoms with van der Waals surface area (Å²) in [6.07, 6.45) is 1.68. The fraction of sp³-hybridized carbons (Fsp3) is 0.0667. The van der Waals surface area contributed by atoms with Gasteiger partial charge in [-0.2, -0.15) is 0 Å². The van der Waals surface area contributed by atoms with Crippen LogP contribution >= 0.6 is 0 Å². The highest BCUT2D eigenvalue weighted by Gasteiger charge is 2.30. The summed E-state index contributed by atoms with van der Waals surface area (Å²) in [5, 5.41) is 0.559. The summed E-state index contributed by atoms with van der Waals surface area (Å²) in [5.41, 5.74) is 3.26. The number of aromatic amines is 1. The molecule has 3 aromatic rings. The van der Waals surface area contributed by atoms with Crippen molar-refractivity contribution in [2.45, 2.75) is 6.92 Å². The minimum atomic E-state index is -0.251. The van der Waals surface area contributed by atoms with Gasteiger partial charge in [0.2, 0.25) is 5.43 Å². The van der Waals surface area contributed by atoms with Crippen molar-refractivity contribution >= 4 is 16.8 Å². The van der Waals surface area contributed by atoms with Crippen LogP contribution in [0.15, 0.2) is 41.3 Å². The highest BCUT2D eigenvalue weighted by molar-refractivity contribution is 6.10. The van der Waals surface area contributed by atoms with Crippen LogP contribution in [0.1, 0.15) is 15.9 Å². The van der Waals surface area contributed by atoms with Gasteiger partial charge in [-0.25, -0.2) is 0 Å².